The van der Waals surface area contributed by atoms with Crippen LogP contribution in [-0.2, 0) is 6.61 Å². The lowest BCUT2D eigenvalue weighted by Gasteiger charge is -2.10. The number of ether oxygens (including phenoxy) is 1. The van der Waals surface area contributed by atoms with Crippen LogP contribution in [-0.4, -0.2) is 28.1 Å². The molecular formula is C19H18Cl2N4O. The molecule has 1 aliphatic rings. The summed E-state index contributed by atoms with van der Waals surface area (Å²) in [5, 5.41) is 13.0. The van der Waals surface area contributed by atoms with Crippen molar-refractivity contribution < 1.29 is 4.74 Å². The van der Waals surface area contributed by atoms with Gasteiger partial charge in [0.05, 0.1) is 22.3 Å². The van der Waals surface area contributed by atoms with E-state index in [4.69, 9.17) is 27.9 Å². The third-order valence-electron chi connectivity index (χ3n) is 4.46. The molecule has 2 heterocycles. The second-order valence-electron chi connectivity index (χ2n) is 6.26. The number of halogens is 2. The van der Waals surface area contributed by atoms with Gasteiger partial charge in [0.1, 0.15) is 18.1 Å². The average Bonchev–Trinajstić information content (AvgIpc) is 3.34. The van der Waals surface area contributed by atoms with Crippen LogP contribution in [0, 0.1) is 0 Å². The Hall–Kier alpha value is -2.08. The molecule has 1 N–H and O–H groups in total. The van der Waals surface area contributed by atoms with Crippen LogP contribution in [0.1, 0.15) is 18.0 Å². The van der Waals surface area contributed by atoms with E-state index >= 15 is 0 Å². The van der Waals surface area contributed by atoms with Crippen molar-refractivity contribution in [3.8, 4) is 17.0 Å². The van der Waals surface area contributed by atoms with Gasteiger partial charge in [0, 0.05) is 12.1 Å². The zero-order valence-corrected chi connectivity index (χ0v) is 15.5. The van der Waals surface area contributed by atoms with Crippen molar-refractivity contribution >= 4 is 23.2 Å². The quantitative estimate of drug-likeness (QED) is 0.704. The van der Waals surface area contributed by atoms with Crippen LogP contribution < -0.4 is 10.1 Å². The number of hydrogen-bond acceptors (Lipinski definition) is 4. The molecule has 26 heavy (non-hydrogen) atoms. The maximum absolute atomic E-state index is 6.07. The molecule has 2 aromatic carbocycles. The predicted octanol–water partition coefficient (Wildman–Crippen LogP) is 4.37. The average molecular weight is 389 g/mol. The van der Waals surface area contributed by atoms with E-state index in [1.54, 1.807) is 6.07 Å². The van der Waals surface area contributed by atoms with Gasteiger partial charge in [-0.25, -0.2) is 4.68 Å². The largest absolute Gasteiger partial charge is 0.488 e. The molecule has 1 aromatic heterocycles. The Morgan fingerprint density at radius 3 is 2.85 bits per heavy atom. The van der Waals surface area contributed by atoms with E-state index in [1.165, 1.54) is 0 Å². The third-order valence-corrected chi connectivity index (χ3v) is 5.20. The molecule has 0 radical (unpaired) electrons. The third kappa shape index (κ3) is 3.70. The van der Waals surface area contributed by atoms with Crippen molar-refractivity contribution in [2.24, 2.45) is 0 Å². The van der Waals surface area contributed by atoms with E-state index in [1.807, 2.05) is 47.3 Å². The Bertz CT molecular complexity index is 906. The van der Waals surface area contributed by atoms with Crippen LogP contribution in [0.2, 0.25) is 10.0 Å². The maximum atomic E-state index is 6.07. The Kier molecular flexibility index (Phi) is 5.11. The molecule has 1 atom stereocenters. The summed E-state index contributed by atoms with van der Waals surface area (Å²) in [4.78, 5) is 0. The van der Waals surface area contributed by atoms with Gasteiger partial charge in [-0.3, -0.25) is 0 Å². The van der Waals surface area contributed by atoms with E-state index in [-0.39, 0.29) is 0 Å². The summed E-state index contributed by atoms with van der Waals surface area (Å²) in [7, 11) is 0. The van der Waals surface area contributed by atoms with Gasteiger partial charge in [0.25, 0.3) is 0 Å². The second-order valence-corrected chi connectivity index (χ2v) is 7.08. The van der Waals surface area contributed by atoms with Gasteiger partial charge >= 0.3 is 0 Å². The van der Waals surface area contributed by atoms with E-state index in [0.717, 1.165) is 42.1 Å². The van der Waals surface area contributed by atoms with Crippen molar-refractivity contribution in [2.75, 3.05) is 13.1 Å². The van der Waals surface area contributed by atoms with Crippen molar-refractivity contribution in [1.82, 2.24) is 20.3 Å². The van der Waals surface area contributed by atoms with Crippen LogP contribution in [0.25, 0.3) is 11.3 Å². The number of rotatable bonds is 5. The summed E-state index contributed by atoms with van der Waals surface area (Å²) in [6.45, 7) is 2.34. The number of aromatic nitrogens is 3. The highest BCUT2D eigenvalue weighted by Crippen LogP contribution is 2.30. The van der Waals surface area contributed by atoms with Crippen LogP contribution in [0.5, 0.6) is 5.75 Å². The molecule has 0 bridgehead atoms. The molecule has 0 spiro atoms. The fourth-order valence-electron chi connectivity index (χ4n) is 3.04. The molecule has 7 heteroatoms. The number of nitrogens with one attached hydrogen (secondary N) is 1. The molecule has 4 rings (SSSR count). The first-order valence-corrected chi connectivity index (χ1v) is 9.25. The maximum Gasteiger partial charge on any atom is 0.129 e. The van der Waals surface area contributed by atoms with Gasteiger partial charge < -0.3 is 10.1 Å². The van der Waals surface area contributed by atoms with Gasteiger partial charge in [-0.05, 0) is 42.8 Å². The minimum absolute atomic E-state index is 0.362. The highest BCUT2D eigenvalue weighted by atomic mass is 35.5. The van der Waals surface area contributed by atoms with Gasteiger partial charge in [-0.2, -0.15) is 0 Å². The monoisotopic (exact) mass is 388 g/mol. The molecule has 0 saturated carbocycles. The van der Waals surface area contributed by atoms with E-state index in [0.29, 0.717) is 22.7 Å². The van der Waals surface area contributed by atoms with Crippen LogP contribution in [0.3, 0.4) is 0 Å². The van der Waals surface area contributed by atoms with Crippen molar-refractivity contribution in [2.45, 2.75) is 19.1 Å². The molecule has 134 valence electrons. The van der Waals surface area contributed by atoms with Gasteiger partial charge in [-0.15, -0.1) is 5.10 Å². The Morgan fingerprint density at radius 1 is 1.15 bits per heavy atom. The number of nitrogens with zero attached hydrogens (tertiary/aromatic N) is 3. The molecule has 1 unspecified atom stereocenters. The molecular weight excluding hydrogens is 371 g/mol. The zero-order valence-electron chi connectivity index (χ0n) is 14.0. The molecule has 1 aliphatic heterocycles. The second kappa shape index (κ2) is 7.66. The van der Waals surface area contributed by atoms with Crippen molar-refractivity contribution in [3.63, 3.8) is 0 Å². The van der Waals surface area contributed by atoms with Crippen molar-refractivity contribution in [1.29, 1.82) is 0 Å². The summed E-state index contributed by atoms with van der Waals surface area (Å²) in [6, 6.07) is 13.7. The summed E-state index contributed by atoms with van der Waals surface area (Å²) < 4.78 is 7.95. The first-order valence-electron chi connectivity index (χ1n) is 8.49. The van der Waals surface area contributed by atoms with E-state index in [9.17, 15) is 0 Å². The summed E-state index contributed by atoms with van der Waals surface area (Å²) in [5.41, 5.74) is 2.68. The Labute approximate surface area is 161 Å². The number of para-hydroxylation sites is 1. The Morgan fingerprint density at radius 2 is 2.04 bits per heavy atom. The van der Waals surface area contributed by atoms with Crippen molar-refractivity contribution in [3.05, 3.63) is 64.3 Å². The standard InChI is InChI=1S/C19H18Cl2N4O/c20-16-6-5-13(9-17(16)21)12-26-19-4-2-1-3-15(19)18-11-25(24-23-18)14-7-8-22-10-14/h1-6,9,11,14,22H,7-8,10,12H2. The molecule has 0 aliphatic carbocycles. The van der Waals surface area contributed by atoms with Gasteiger partial charge in [-0.1, -0.05) is 46.6 Å². The minimum Gasteiger partial charge on any atom is -0.488 e. The lowest BCUT2D eigenvalue weighted by molar-refractivity contribution is 0.307. The van der Waals surface area contributed by atoms with Crippen LogP contribution in [0.15, 0.2) is 48.7 Å². The van der Waals surface area contributed by atoms with Gasteiger partial charge in [0.2, 0.25) is 0 Å². The first-order chi connectivity index (χ1) is 12.7. The highest BCUT2D eigenvalue weighted by molar-refractivity contribution is 6.42. The lowest BCUT2D eigenvalue weighted by atomic mass is 10.1. The lowest BCUT2D eigenvalue weighted by Crippen LogP contribution is -2.13. The first kappa shape index (κ1) is 17.3. The number of benzene rings is 2. The van der Waals surface area contributed by atoms with E-state index < -0.39 is 0 Å². The predicted molar refractivity (Wildman–Crippen MR) is 103 cm³/mol. The van der Waals surface area contributed by atoms with Gasteiger partial charge in [0.15, 0.2) is 0 Å². The van der Waals surface area contributed by atoms with Crippen LogP contribution in [0.4, 0.5) is 0 Å². The summed E-state index contributed by atoms with van der Waals surface area (Å²) in [5.74, 6) is 0.759. The normalized spacial score (nSPS) is 16.8. The zero-order chi connectivity index (χ0) is 17.9. The molecule has 0 amide bonds. The molecule has 5 nitrogen and oxygen atoms in total. The molecule has 1 saturated heterocycles. The Balaban J connectivity index is 1.54. The topological polar surface area (TPSA) is 52.0 Å². The highest BCUT2D eigenvalue weighted by Gasteiger charge is 2.19. The fraction of sp³-hybridized carbons (Fsp3) is 0.263. The smallest absolute Gasteiger partial charge is 0.129 e. The minimum atomic E-state index is 0.362. The summed E-state index contributed by atoms with van der Waals surface area (Å²) in [6.07, 6.45) is 3.05. The molecule has 1 fully saturated rings. The number of hydrogen-bond donors (Lipinski definition) is 1. The molecule has 3 aromatic rings. The summed E-state index contributed by atoms with van der Waals surface area (Å²) >= 11 is 12.0. The van der Waals surface area contributed by atoms with E-state index in [2.05, 4.69) is 15.6 Å². The SMILES string of the molecule is Clc1ccc(COc2ccccc2-c2cn(C3CCNC3)nn2)cc1Cl. The fourth-order valence-corrected chi connectivity index (χ4v) is 3.36. The van der Waals surface area contributed by atoms with Crippen LogP contribution >= 0.6 is 23.2 Å².